The van der Waals surface area contributed by atoms with Gasteiger partial charge >= 0.3 is 0 Å². The van der Waals surface area contributed by atoms with Crippen molar-refractivity contribution in [1.82, 2.24) is 4.98 Å². The Bertz CT molecular complexity index is 1160. The molecule has 0 saturated carbocycles. The number of hydrogen-bond acceptors (Lipinski definition) is 2. The summed E-state index contributed by atoms with van der Waals surface area (Å²) in [5.41, 5.74) is 3.44. The van der Waals surface area contributed by atoms with Crippen molar-refractivity contribution in [3.8, 4) is 0 Å². The minimum Gasteiger partial charge on any atom is -0.456 e. The van der Waals surface area contributed by atoms with E-state index < -0.39 is 0 Å². The highest BCUT2D eigenvalue weighted by molar-refractivity contribution is 6.32. The molecule has 21 heavy (non-hydrogen) atoms. The second kappa shape index (κ2) is 3.50. The molecule has 100 valence electrons. The van der Waals surface area contributed by atoms with Gasteiger partial charge in [0.25, 0.3) is 0 Å². The van der Waals surface area contributed by atoms with Crippen molar-refractivity contribution in [3.63, 3.8) is 0 Å². The lowest BCUT2D eigenvalue weighted by molar-refractivity contribution is 0.629. The van der Waals surface area contributed by atoms with E-state index in [9.17, 15) is 4.39 Å². The standard InChI is InChI=1S/C18H10FNO/c1-9-7-10(19)8-12-11-3-2-4-13-16(11)17-14(21-13)5-6-20-18(17)15(9)12/h2-8H,1H3. The fourth-order valence-electron chi connectivity index (χ4n) is 3.45. The molecule has 0 aliphatic heterocycles. The molecular weight excluding hydrogens is 265 g/mol. The van der Waals surface area contributed by atoms with Gasteiger partial charge in [-0.2, -0.15) is 0 Å². The fourth-order valence-corrected chi connectivity index (χ4v) is 3.45. The van der Waals surface area contributed by atoms with Crippen LogP contribution in [-0.4, -0.2) is 4.98 Å². The van der Waals surface area contributed by atoms with E-state index in [0.717, 1.165) is 49.2 Å². The number of aromatic nitrogens is 1. The lowest BCUT2D eigenvalue weighted by atomic mass is 9.94. The summed E-state index contributed by atoms with van der Waals surface area (Å²) in [5.74, 6) is -0.220. The van der Waals surface area contributed by atoms with Crippen LogP contribution in [0.2, 0.25) is 0 Å². The quantitative estimate of drug-likeness (QED) is 0.364. The molecular formula is C18H10FNO. The zero-order valence-corrected chi connectivity index (χ0v) is 11.3. The van der Waals surface area contributed by atoms with E-state index in [-0.39, 0.29) is 5.82 Å². The summed E-state index contributed by atoms with van der Waals surface area (Å²) in [7, 11) is 0. The SMILES string of the molecule is Cc1cc(F)cc2c3cccc4oc5ccnc(c12)c5c43. The maximum atomic E-state index is 13.9. The van der Waals surface area contributed by atoms with Gasteiger partial charge in [0.2, 0.25) is 0 Å². The summed E-state index contributed by atoms with van der Waals surface area (Å²) in [6.45, 7) is 1.92. The molecule has 0 saturated heterocycles. The molecule has 0 aliphatic carbocycles. The van der Waals surface area contributed by atoms with Crippen LogP contribution in [0.4, 0.5) is 4.39 Å². The van der Waals surface area contributed by atoms with Crippen molar-refractivity contribution in [1.29, 1.82) is 0 Å². The Labute approximate surface area is 119 Å². The largest absolute Gasteiger partial charge is 0.456 e. The van der Waals surface area contributed by atoms with E-state index in [0.29, 0.717) is 0 Å². The molecule has 0 fully saturated rings. The number of pyridine rings is 1. The van der Waals surface area contributed by atoms with Crippen LogP contribution in [0, 0.1) is 12.7 Å². The van der Waals surface area contributed by atoms with E-state index in [1.165, 1.54) is 0 Å². The van der Waals surface area contributed by atoms with Gasteiger partial charge in [-0.3, -0.25) is 4.98 Å². The molecule has 0 spiro atoms. The molecule has 5 rings (SSSR count). The number of furan rings is 1. The van der Waals surface area contributed by atoms with Gasteiger partial charge < -0.3 is 4.42 Å². The van der Waals surface area contributed by atoms with Crippen LogP contribution in [0.1, 0.15) is 5.56 Å². The van der Waals surface area contributed by atoms with Gasteiger partial charge in [-0.05, 0) is 47.5 Å². The zero-order valence-electron chi connectivity index (χ0n) is 11.3. The van der Waals surface area contributed by atoms with Crippen LogP contribution >= 0.6 is 0 Å². The van der Waals surface area contributed by atoms with Gasteiger partial charge in [0.15, 0.2) is 0 Å². The van der Waals surface area contributed by atoms with Crippen molar-refractivity contribution in [2.45, 2.75) is 6.92 Å². The maximum absolute atomic E-state index is 13.9. The van der Waals surface area contributed by atoms with E-state index in [1.807, 2.05) is 31.2 Å². The number of nitrogens with zero attached hydrogens (tertiary/aromatic N) is 1. The first-order chi connectivity index (χ1) is 10.2. The van der Waals surface area contributed by atoms with Gasteiger partial charge in [-0.1, -0.05) is 12.1 Å². The highest BCUT2D eigenvalue weighted by Gasteiger charge is 2.18. The highest BCUT2D eigenvalue weighted by atomic mass is 19.1. The Balaban J connectivity index is 2.30. The number of benzene rings is 3. The zero-order chi connectivity index (χ0) is 14.1. The molecule has 0 aliphatic rings. The second-order valence-electron chi connectivity index (χ2n) is 5.46. The predicted molar refractivity (Wildman–Crippen MR) is 82.4 cm³/mol. The lowest BCUT2D eigenvalue weighted by Gasteiger charge is -2.09. The van der Waals surface area contributed by atoms with Gasteiger partial charge in [0.05, 0.1) is 10.9 Å². The van der Waals surface area contributed by atoms with Gasteiger partial charge in [0, 0.05) is 17.0 Å². The number of rotatable bonds is 0. The van der Waals surface area contributed by atoms with Crippen molar-refractivity contribution < 1.29 is 8.81 Å². The summed E-state index contributed by atoms with van der Waals surface area (Å²) in [5, 5.41) is 4.98. The molecule has 2 nitrogen and oxygen atoms in total. The van der Waals surface area contributed by atoms with Gasteiger partial charge in [-0.15, -0.1) is 0 Å². The van der Waals surface area contributed by atoms with Crippen LogP contribution in [0.15, 0.2) is 47.0 Å². The molecule has 2 aromatic heterocycles. The van der Waals surface area contributed by atoms with Gasteiger partial charge in [0.1, 0.15) is 17.0 Å². The Kier molecular flexibility index (Phi) is 1.84. The Morgan fingerprint density at radius 3 is 2.71 bits per heavy atom. The maximum Gasteiger partial charge on any atom is 0.139 e. The van der Waals surface area contributed by atoms with Crippen LogP contribution in [-0.2, 0) is 0 Å². The van der Waals surface area contributed by atoms with E-state index >= 15 is 0 Å². The Hall–Kier alpha value is -2.68. The molecule has 0 atom stereocenters. The van der Waals surface area contributed by atoms with E-state index in [4.69, 9.17) is 4.42 Å². The molecule has 3 aromatic carbocycles. The molecule has 0 radical (unpaired) electrons. The van der Waals surface area contributed by atoms with Crippen LogP contribution in [0.25, 0.3) is 43.6 Å². The predicted octanol–water partition coefficient (Wildman–Crippen LogP) is 5.17. The third kappa shape index (κ3) is 1.24. The number of fused-ring (bicyclic) bond motifs is 3. The van der Waals surface area contributed by atoms with E-state index in [1.54, 1.807) is 18.3 Å². The lowest BCUT2D eigenvalue weighted by Crippen LogP contribution is -1.89. The molecule has 5 aromatic rings. The molecule has 0 unspecified atom stereocenters. The molecule has 0 bridgehead atoms. The van der Waals surface area contributed by atoms with Crippen LogP contribution in [0.5, 0.6) is 0 Å². The van der Waals surface area contributed by atoms with Crippen LogP contribution < -0.4 is 0 Å². The minimum atomic E-state index is -0.220. The fraction of sp³-hybridized carbons (Fsp3) is 0.0556. The first-order valence-electron chi connectivity index (χ1n) is 6.85. The number of aryl methyl sites for hydroxylation is 1. The number of halogens is 1. The second-order valence-corrected chi connectivity index (χ2v) is 5.46. The van der Waals surface area contributed by atoms with Crippen LogP contribution in [0.3, 0.4) is 0 Å². The first-order valence-corrected chi connectivity index (χ1v) is 6.85. The smallest absolute Gasteiger partial charge is 0.139 e. The summed E-state index contributed by atoms with van der Waals surface area (Å²) in [6.07, 6.45) is 1.75. The van der Waals surface area contributed by atoms with Crippen molar-refractivity contribution in [2.24, 2.45) is 0 Å². The molecule has 3 heteroatoms. The number of hydrogen-bond donors (Lipinski definition) is 0. The average Bonchev–Trinajstić information content (AvgIpc) is 2.85. The van der Waals surface area contributed by atoms with Crippen molar-refractivity contribution >= 4 is 43.6 Å². The monoisotopic (exact) mass is 275 g/mol. The Morgan fingerprint density at radius 2 is 1.81 bits per heavy atom. The topological polar surface area (TPSA) is 26.0 Å². The summed E-state index contributed by atoms with van der Waals surface area (Å²) in [4.78, 5) is 4.54. The first kappa shape index (κ1) is 11.0. The van der Waals surface area contributed by atoms with Crippen molar-refractivity contribution in [2.75, 3.05) is 0 Å². The normalized spacial score (nSPS) is 12.3. The average molecular weight is 275 g/mol. The molecule has 0 N–H and O–H groups in total. The third-order valence-electron chi connectivity index (χ3n) is 4.24. The van der Waals surface area contributed by atoms with E-state index in [2.05, 4.69) is 4.98 Å². The Morgan fingerprint density at radius 1 is 0.952 bits per heavy atom. The summed E-state index contributed by atoms with van der Waals surface area (Å²) in [6, 6.07) is 10.9. The van der Waals surface area contributed by atoms with Gasteiger partial charge in [-0.25, -0.2) is 4.39 Å². The molecule has 2 heterocycles. The summed E-state index contributed by atoms with van der Waals surface area (Å²) < 4.78 is 19.8. The minimum absolute atomic E-state index is 0.220. The highest BCUT2D eigenvalue weighted by Crippen LogP contribution is 2.42. The third-order valence-corrected chi connectivity index (χ3v) is 4.24. The summed E-state index contributed by atoms with van der Waals surface area (Å²) >= 11 is 0. The molecule has 0 amide bonds. The van der Waals surface area contributed by atoms with Crippen molar-refractivity contribution in [3.05, 3.63) is 54.0 Å².